The van der Waals surface area contributed by atoms with E-state index in [0.717, 1.165) is 25.9 Å². The van der Waals surface area contributed by atoms with Gasteiger partial charge in [-0.1, -0.05) is 41.9 Å². The van der Waals surface area contributed by atoms with Crippen LogP contribution in [-0.4, -0.2) is 27.7 Å². The monoisotopic (exact) mass is 455 g/mol. The van der Waals surface area contributed by atoms with Crippen molar-refractivity contribution in [2.75, 3.05) is 11.7 Å². The summed E-state index contributed by atoms with van der Waals surface area (Å²) in [4.78, 5) is 27.4. The van der Waals surface area contributed by atoms with Gasteiger partial charge in [-0.2, -0.15) is 0 Å². The molecule has 0 atom stereocenters. The highest BCUT2D eigenvalue weighted by Gasteiger charge is 2.20. The molecule has 2 aromatic carbocycles. The Bertz CT molecular complexity index is 1230. The average Bonchev–Trinajstić information content (AvgIpc) is 3.11. The first-order chi connectivity index (χ1) is 15.0. The van der Waals surface area contributed by atoms with Gasteiger partial charge in [0.2, 0.25) is 0 Å². The number of nitrogens with zero attached hydrogens (tertiary/aromatic N) is 3. The maximum Gasteiger partial charge on any atom is 0.303 e. The predicted octanol–water partition coefficient (Wildman–Crippen LogP) is 5.86. The van der Waals surface area contributed by atoms with Gasteiger partial charge in [0, 0.05) is 28.0 Å². The first-order valence-electron chi connectivity index (χ1n) is 10.1. The Labute approximate surface area is 189 Å². The number of carbonyl (C=O) groups is 1. The molecule has 0 aliphatic rings. The van der Waals surface area contributed by atoms with Gasteiger partial charge in [-0.25, -0.2) is 15.0 Å². The van der Waals surface area contributed by atoms with E-state index in [1.807, 2.05) is 43.3 Å². The molecule has 0 amide bonds. The molecule has 0 radical (unpaired) electrons. The molecule has 2 aromatic heterocycles. The lowest BCUT2D eigenvalue weighted by molar-refractivity contribution is -0.137. The van der Waals surface area contributed by atoms with Crippen molar-refractivity contribution < 1.29 is 14.7 Å². The van der Waals surface area contributed by atoms with E-state index in [1.165, 1.54) is 0 Å². The number of rotatable bonds is 9. The van der Waals surface area contributed by atoms with Gasteiger partial charge >= 0.3 is 5.97 Å². The van der Waals surface area contributed by atoms with Crippen molar-refractivity contribution in [2.24, 2.45) is 0 Å². The van der Waals surface area contributed by atoms with Crippen LogP contribution in [0.4, 0.5) is 5.82 Å². The van der Waals surface area contributed by atoms with Crippen LogP contribution < -0.4 is 5.06 Å². The first-order valence-corrected chi connectivity index (χ1v) is 11.3. The van der Waals surface area contributed by atoms with Gasteiger partial charge in [-0.15, -0.1) is 11.3 Å². The molecule has 4 rings (SSSR count). The van der Waals surface area contributed by atoms with Crippen LogP contribution in [-0.2, 0) is 22.6 Å². The van der Waals surface area contributed by atoms with Crippen molar-refractivity contribution in [1.29, 1.82) is 0 Å². The normalized spacial score (nSPS) is 11.3. The quantitative estimate of drug-likeness (QED) is 0.318. The lowest BCUT2D eigenvalue weighted by atomic mass is 10.1. The summed E-state index contributed by atoms with van der Waals surface area (Å²) in [6.07, 6.45) is 1.05. The Morgan fingerprint density at radius 3 is 2.81 bits per heavy atom. The number of aryl methyl sites for hydroxylation is 1. The van der Waals surface area contributed by atoms with Crippen molar-refractivity contribution in [3.8, 4) is 0 Å². The topological polar surface area (TPSA) is 75.5 Å². The number of thiophene rings is 1. The largest absolute Gasteiger partial charge is 0.481 e. The predicted molar refractivity (Wildman–Crippen MR) is 125 cm³/mol. The summed E-state index contributed by atoms with van der Waals surface area (Å²) in [5, 5.41) is 13.4. The first kappa shape index (κ1) is 21.5. The maximum absolute atomic E-state index is 10.9. The number of benzene rings is 2. The zero-order valence-electron chi connectivity index (χ0n) is 17.0. The second kappa shape index (κ2) is 9.60. The van der Waals surface area contributed by atoms with E-state index >= 15 is 0 Å². The molecule has 2 heterocycles. The third kappa shape index (κ3) is 4.95. The van der Waals surface area contributed by atoms with E-state index < -0.39 is 5.97 Å². The fraction of sp³-hybridized carbons (Fsp3) is 0.261. The van der Waals surface area contributed by atoms with Crippen molar-refractivity contribution in [3.63, 3.8) is 0 Å². The Balaban J connectivity index is 1.81. The molecule has 31 heavy (non-hydrogen) atoms. The molecule has 4 aromatic rings. The van der Waals surface area contributed by atoms with E-state index in [4.69, 9.17) is 31.5 Å². The van der Waals surface area contributed by atoms with Gasteiger partial charge in [0.05, 0.1) is 18.5 Å². The summed E-state index contributed by atoms with van der Waals surface area (Å²) in [5.41, 5.74) is 1.000. The molecule has 0 saturated heterocycles. The van der Waals surface area contributed by atoms with Crippen LogP contribution in [0.3, 0.4) is 0 Å². The van der Waals surface area contributed by atoms with Crippen LogP contribution in [0.5, 0.6) is 0 Å². The fourth-order valence-electron chi connectivity index (χ4n) is 3.48. The van der Waals surface area contributed by atoms with Crippen LogP contribution in [0.1, 0.15) is 31.2 Å². The fourth-order valence-corrected chi connectivity index (χ4v) is 4.78. The molecule has 0 bridgehead atoms. The van der Waals surface area contributed by atoms with Crippen LogP contribution in [0.2, 0.25) is 5.02 Å². The minimum Gasteiger partial charge on any atom is -0.481 e. The Hall–Kier alpha value is -2.74. The highest BCUT2D eigenvalue weighted by molar-refractivity contribution is 7.25. The summed E-state index contributed by atoms with van der Waals surface area (Å²) in [5.74, 6) is 0.487. The van der Waals surface area contributed by atoms with Gasteiger partial charge in [0.15, 0.2) is 5.82 Å². The zero-order chi connectivity index (χ0) is 21.8. The molecule has 0 spiro atoms. The van der Waals surface area contributed by atoms with Crippen LogP contribution in [0, 0.1) is 0 Å². The van der Waals surface area contributed by atoms with Crippen molar-refractivity contribution in [1.82, 2.24) is 9.97 Å². The van der Waals surface area contributed by atoms with E-state index in [9.17, 15) is 4.79 Å². The third-order valence-electron chi connectivity index (χ3n) is 4.79. The lowest BCUT2D eigenvalue weighted by Crippen LogP contribution is -2.25. The highest BCUT2D eigenvalue weighted by Crippen LogP contribution is 2.38. The zero-order valence-corrected chi connectivity index (χ0v) is 18.6. The van der Waals surface area contributed by atoms with E-state index in [1.54, 1.807) is 16.4 Å². The minimum atomic E-state index is -0.819. The molecular weight excluding hydrogens is 434 g/mol. The van der Waals surface area contributed by atoms with Gasteiger partial charge in [-0.3, -0.25) is 9.63 Å². The standard InChI is InChI=1S/C23H22ClN3O3S/c1-2-30-27(14-15-7-5-8-16(24)13-15)22-21-17-9-3-4-10-18(17)31-23(21)26-19(25-22)11-6-12-20(28)29/h3-5,7-10,13H,2,6,11-12,14H2,1H3,(H,28,29). The number of carboxylic acids is 1. The number of fused-ring (bicyclic) bond motifs is 3. The molecule has 0 aliphatic carbocycles. The van der Waals surface area contributed by atoms with Crippen molar-refractivity contribution in [2.45, 2.75) is 32.7 Å². The van der Waals surface area contributed by atoms with Gasteiger partial charge < -0.3 is 5.11 Å². The van der Waals surface area contributed by atoms with Crippen LogP contribution in [0.25, 0.3) is 20.3 Å². The number of aliphatic carboxylic acids is 1. The van der Waals surface area contributed by atoms with E-state index in [0.29, 0.717) is 42.7 Å². The summed E-state index contributed by atoms with van der Waals surface area (Å²) >= 11 is 7.79. The van der Waals surface area contributed by atoms with Gasteiger partial charge in [-0.05, 0) is 37.1 Å². The van der Waals surface area contributed by atoms with Crippen LogP contribution in [0.15, 0.2) is 48.5 Å². The lowest BCUT2D eigenvalue weighted by Gasteiger charge is -2.23. The minimum absolute atomic E-state index is 0.0842. The van der Waals surface area contributed by atoms with Crippen LogP contribution >= 0.6 is 22.9 Å². The summed E-state index contributed by atoms with van der Waals surface area (Å²) < 4.78 is 1.12. The molecule has 0 fully saturated rings. The number of halogens is 1. The molecule has 1 N–H and O–H groups in total. The molecule has 160 valence electrons. The summed E-state index contributed by atoms with van der Waals surface area (Å²) in [7, 11) is 0. The summed E-state index contributed by atoms with van der Waals surface area (Å²) in [6, 6.07) is 15.8. The number of hydrogen-bond acceptors (Lipinski definition) is 6. The molecule has 0 saturated carbocycles. The number of anilines is 1. The maximum atomic E-state index is 10.9. The Kier molecular flexibility index (Phi) is 6.65. The van der Waals surface area contributed by atoms with E-state index in [2.05, 4.69) is 12.1 Å². The molecule has 0 aliphatic heterocycles. The smallest absolute Gasteiger partial charge is 0.303 e. The second-order valence-electron chi connectivity index (χ2n) is 7.07. The SMILES string of the molecule is CCON(Cc1cccc(Cl)c1)c1nc(CCCC(=O)O)nc2sc3ccccc3c12. The van der Waals surface area contributed by atoms with Gasteiger partial charge in [0.25, 0.3) is 0 Å². The number of carboxylic acid groups (broad SMARTS) is 1. The molecule has 0 unspecified atom stereocenters. The second-order valence-corrected chi connectivity index (χ2v) is 8.54. The molecule has 8 heteroatoms. The van der Waals surface area contributed by atoms with Crippen molar-refractivity contribution in [3.05, 3.63) is 64.9 Å². The number of hydroxylamine groups is 1. The average molecular weight is 456 g/mol. The third-order valence-corrected chi connectivity index (χ3v) is 6.09. The van der Waals surface area contributed by atoms with Gasteiger partial charge in [0.1, 0.15) is 10.7 Å². The molecule has 6 nitrogen and oxygen atoms in total. The highest BCUT2D eigenvalue weighted by atomic mass is 35.5. The van der Waals surface area contributed by atoms with E-state index in [-0.39, 0.29) is 6.42 Å². The number of hydrogen-bond donors (Lipinski definition) is 1. The van der Waals surface area contributed by atoms with Crippen molar-refractivity contribution >= 4 is 55.0 Å². The Morgan fingerprint density at radius 2 is 2.03 bits per heavy atom. The number of aromatic nitrogens is 2. The molecular formula is C23H22ClN3O3S. The summed E-state index contributed by atoms with van der Waals surface area (Å²) in [6.45, 7) is 2.88. The Morgan fingerprint density at radius 1 is 1.19 bits per heavy atom.